The van der Waals surface area contributed by atoms with Crippen LogP contribution in [0.4, 0.5) is 0 Å². The Morgan fingerprint density at radius 3 is 2.73 bits per heavy atom. The Hall–Kier alpha value is -1.46. The van der Waals surface area contributed by atoms with Crippen molar-refractivity contribution in [3.05, 3.63) is 48.6 Å². The van der Waals surface area contributed by atoms with Crippen molar-refractivity contribution in [2.75, 3.05) is 6.61 Å². The molecule has 0 aromatic heterocycles. The predicted molar refractivity (Wildman–Crippen MR) is 91.0 cm³/mol. The van der Waals surface area contributed by atoms with E-state index in [1.807, 2.05) is 0 Å². The van der Waals surface area contributed by atoms with Crippen LogP contribution >= 0.6 is 0 Å². The van der Waals surface area contributed by atoms with E-state index in [0.717, 1.165) is 18.7 Å². The molecule has 1 aliphatic carbocycles. The van der Waals surface area contributed by atoms with Gasteiger partial charge in [0.25, 0.3) is 0 Å². The smallest absolute Gasteiger partial charge is 0.232 e. The highest BCUT2D eigenvalue weighted by Gasteiger charge is 2.37. The summed E-state index contributed by atoms with van der Waals surface area (Å²) in [6.45, 7) is 12.1. The van der Waals surface area contributed by atoms with Gasteiger partial charge in [-0.05, 0) is 30.6 Å². The summed E-state index contributed by atoms with van der Waals surface area (Å²) in [5, 5.41) is 3.49. The van der Waals surface area contributed by atoms with Crippen molar-refractivity contribution in [3.63, 3.8) is 0 Å². The third-order valence-corrected chi connectivity index (χ3v) is 8.92. The van der Waals surface area contributed by atoms with Gasteiger partial charge in [0, 0.05) is 18.2 Å². The monoisotopic (exact) mass is 321 g/mol. The fourth-order valence-corrected chi connectivity index (χ4v) is 3.03. The average Bonchev–Trinajstić information content (AvgIpc) is 2.46. The topological polar surface area (TPSA) is 39.7 Å². The van der Waals surface area contributed by atoms with Gasteiger partial charge in [-0.3, -0.25) is 0 Å². The van der Waals surface area contributed by atoms with E-state index >= 15 is 0 Å². The van der Waals surface area contributed by atoms with Gasteiger partial charge < -0.3 is 19.2 Å². The SMILES string of the molecule is CC(C)(C)[Si](C)(C)OCC1C=CC=C(NC2=COC=CO2)C1. The van der Waals surface area contributed by atoms with Crippen LogP contribution in [0.2, 0.25) is 18.1 Å². The molecule has 22 heavy (non-hydrogen) atoms. The summed E-state index contributed by atoms with van der Waals surface area (Å²) >= 11 is 0. The van der Waals surface area contributed by atoms with Crippen LogP contribution in [0, 0.1) is 5.92 Å². The maximum atomic E-state index is 6.32. The molecule has 0 radical (unpaired) electrons. The average molecular weight is 321 g/mol. The van der Waals surface area contributed by atoms with E-state index in [9.17, 15) is 0 Å². The molecular weight excluding hydrogens is 294 g/mol. The predicted octanol–water partition coefficient (Wildman–Crippen LogP) is 4.37. The minimum absolute atomic E-state index is 0.243. The zero-order valence-electron chi connectivity index (χ0n) is 14.2. The Bertz CT molecular complexity index is 512. The molecule has 1 aliphatic heterocycles. The maximum absolute atomic E-state index is 6.32. The molecule has 122 valence electrons. The minimum atomic E-state index is -1.69. The van der Waals surface area contributed by atoms with Gasteiger partial charge in [-0.2, -0.15) is 0 Å². The van der Waals surface area contributed by atoms with Crippen LogP contribution in [-0.4, -0.2) is 14.9 Å². The molecule has 0 saturated heterocycles. The summed E-state index contributed by atoms with van der Waals surface area (Å²) < 4.78 is 16.7. The summed E-state index contributed by atoms with van der Waals surface area (Å²) in [5.74, 6) is 0.996. The standard InChI is InChI=1S/C17H27NO3Si/c1-17(2,3)22(4,5)21-12-14-7-6-8-15(11-14)18-16-13-19-9-10-20-16/h6-10,13-14,18H,11-12H2,1-5H3. The van der Waals surface area contributed by atoms with E-state index in [2.05, 4.69) is 57.4 Å². The fourth-order valence-electron chi connectivity index (χ4n) is 1.97. The second-order valence-corrected chi connectivity index (χ2v) is 12.1. The molecule has 4 nitrogen and oxygen atoms in total. The molecule has 0 saturated carbocycles. The molecule has 0 fully saturated rings. The molecule has 0 amide bonds. The van der Waals surface area contributed by atoms with E-state index in [4.69, 9.17) is 13.9 Å². The van der Waals surface area contributed by atoms with Gasteiger partial charge in [-0.1, -0.05) is 32.9 Å². The van der Waals surface area contributed by atoms with Gasteiger partial charge in [0.2, 0.25) is 5.88 Å². The van der Waals surface area contributed by atoms with E-state index in [1.165, 1.54) is 12.5 Å². The lowest BCUT2D eigenvalue weighted by atomic mass is 9.99. The summed E-state index contributed by atoms with van der Waals surface area (Å²) in [4.78, 5) is 0. The lowest BCUT2D eigenvalue weighted by Crippen LogP contribution is -2.42. The fraction of sp³-hybridized carbons (Fsp3) is 0.529. The molecule has 0 aromatic rings. The zero-order chi connectivity index (χ0) is 16.2. The lowest BCUT2D eigenvalue weighted by molar-refractivity contribution is 0.232. The van der Waals surface area contributed by atoms with Crippen LogP contribution in [0.3, 0.4) is 0 Å². The first-order chi connectivity index (χ1) is 10.3. The molecule has 0 bridgehead atoms. The molecule has 5 heteroatoms. The van der Waals surface area contributed by atoms with E-state index in [0.29, 0.717) is 11.8 Å². The Labute approximate surface area is 134 Å². The number of allylic oxidation sites excluding steroid dienone is 3. The highest BCUT2D eigenvalue weighted by molar-refractivity contribution is 6.74. The number of hydrogen-bond donors (Lipinski definition) is 1. The van der Waals surface area contributed by atoms with Gasteiger partial charge in [0.15, 0.2) is 14.6 Å². The second-order valence-electron chi connectivity index (χ2n) is 7.25. The minimum Gasteiger partial charge on any atom is -0.464 e. The Kier molecular flexibility index (Phi) is 5.18. The van der Waals surface area contributed by atoms with Gasteiger partial charge in [0.05, 0.1) is 0 Å². The normalized spacial score (nSPS) is 21.6. The number of hydrogen-bond acceptors (Lipinski definition) is 4. The zero-order valence-corrected chi connectivity index (χ0v) is 15.2. The van der Waals surface area contributed by atoms with Crippen molar-refractivity contribution >= 4 is 8.32 Å². The molecule has 0 spiro atoms. The number of rotatable bonds is 5. The van der Waals surface area contributed by atoms with Gasteiger partial charge in [0.1, 0.15) is 12.5 Å². The molecule has 0 aromatic carbocycles. The van der Waals surface area contributed by atoms with E-state index in [1.54, 1.807) is 6.26 Å². The first kappa shape index (κ1) is 16.9. The molecule has 1 N–H and O–H groups in total. The summed E-state index contributed by atoms with van der Waals surface area (Å²) in [7, 11) is -1.69. The second kappa shape index (κ2) is 6.75. The Balaban J connectivity index is 1.85. The highest BCUT2D eigenvalue weighted by Crippen LogP contribution is 2.37. The first-order valence-electron chi connectivity index (χ1n) is 7.73. The number of ether oxygens (including phenoxy) is 2. The molecule has 1 unspecified atom stereocenters. The van der Waals surface area contributed by atoms with Crippen molar-refractivity contribution < 1.29 is 13.9 Å². The van der Waals surface area contributed by atoms with Crippen LogP contribution in [0.5, 0.6) is 0 Å². The van der Waals surface area contributed by atoms with Crippen molar-refractivity contribution in [1.82, 2.24) is 5.32 Å². The maximum Gasteiger partial charge on any atom is 0.232 e. The van der Waals surface area contributed by atoms with Crippen LogP contribution in [0.25, 0.3) is 0 Å². The van der Waals surface area contributed by atoms with Crippen LogP contribution < -0.4 is 5.32 Å². The van der Waals surface area contributed by atoms with Gasteiger partial charge in [-0.15, -0.1) is 0 Å². The molecule has 2 rings (SSSR count). The van der Waals surface area contributed by atoms with Crippen molar-refractivity contribution in [1.29, 1.82) is 0 Å². The Morgan fingerprint density at radius 1 is 1.32 bits per heavy atom. The molecular formula is C17H27NO3Si. The first-order valence-corrected chi connectivity index (χ1v) is 10.6. The van der Waals surface area contributed by atoms with Crippen molar-refractivity contribution in [2.24, 2.45) is 5.92 Å². The third kappa shape index (κ3) is 4.51. The molecule has 1 heterocycles. The molecule has 2 aliphatic rings. The third-order valence-electron chi connectivity index (χ3n) is 4.42. The van der Waals surface area contributed by atoms with Gasteiger partial charge >= 0.3 is 0 Å². The molecule has 1 atom stereocenters. The van der Waals surface area contributed by atoms with Gasteiger partial charge in [-0.25, -0.2) is 0 Å². The highest BCUT2D eigenvalue weighted by atomic mass is 28.4. The quantitative estimate of drug-likeness (QED) is 0.763. The number of nitrogens with one attached hydrogen (secondary N) is 1. The van der Waals surface area contributed by atoms with E-state index < -0.39 is 8.32 Å². The summed E-state index contributed by atoms with van der Waals surface area (Å²) in [5.41, 5.74) is 1.11. The van der Waals surface area contributed by atoms with Crippen LogP contribution in [-0.2, 0) is 13.9 Å². The van der Waals surface area contributed by atoms with Crippen LogP contribution in [0.1, 0.15) is 27.2 Å². The largest absolute Gasteiger partial charge is 0.464 e. The summed E-state index contributed by atoms with van der Waals surface area (Å²) in [6, 6.07) is 0. The van der Waals surface area contributed by atoms with E-state index in [-0.39, 0.29) is 5.04 Å². The lowest BCUT2D eigenvalue weighted by Gasteiger charge is -2.37. The Morgan fingerprint density at radius 2 is 2.09 bits per heavy atom. The van der Waals surface area contributed by atoms with Crippen molar-refractivity contribution in [3.8, 4) is 0 Å². The summed E-state index contributed by atoms with van der Waals surface area (Å²) in [6.07, 6.45) is 11.8. The van der Waals surface area contributed by atoms with Crippen molar-refractivity contribution in [2.45, 2.75) is 45.3 Å². The van der Waals surface area contributed by atoms with Crippen LogP contribution in [0.15, 0.2) is 48.6 Å².